The van der Waals surface area contributed by atoms with Crippen molar-refractivity contribution >= 4 is 0 Å². The Kier molecular flexibility index (Phi) is 2.96. The van der Waals surface area contributed by atoms with Crippen LogP contribution in [0.3, 0.4) is 0 Å². The molecule has 3 aliphatic rings. The maximum Gasteiger partial charge on any atom is 0.0237 e. The third-order valence-electron chi connectivity index (χ3n) is 5.45. The van der Waals surface area contributed by atoms with Gasteiger partial charge in [0.1, 0.15) is 0 Å². The van der Waals surface area contributed by atoms with Crippen molar-refractivity contribution in [3.05, 3.63) is 0 Å². The summed E-state index contributed by atoms with van der Waals surface area (Å²) in [6.07, 6.45) is 2.82. The third kappa shape index (κ3) is 2.02. The normalized spacial score (nSPS) is 35.8. The zero-order valence-electron chi connectivity index (χ0n) is 11.7. The molecule has 0 aromatic heterocycles. The Labute approximate surface area is 106 Å². The Balaban J connectivity index is 1.45. The molecule has 3 nitrogen and oxygen atoms in total. The van der Waals surface area contributed by atoms with E-state index in [0.717, 1.165) is 12.0 Å². The van der Waals surface area contributed by atoms with Crippen LogP contribution in [0.25, 0.3) is 0 Å². The van der Waals surface area contributed by atoms with Gasteiger partial charge in [0.15, 0.2) is 0 Å². The quantitative estimate of drug-likeness (QED) is 0.708. The number of piperidine rings is 1. The molecule has 0 aromatic rings. The second-order valence-electron chi connectivity index (χ2n) is 6.89. The van der Waals surface area contributed by atoms with Gasteiger partial charge in [0.05, 0.1) is 0 Å². The molecule has 0 radical (unpaired) electrons. The van der Waals surface area contributed by atoms with Crippen LogP contribution in [0.5, 0.6) is 0 Å². The van der Waals surface area contributed by atoms with Crippen molar-refractivity contribution in [2.75, 3.05) is 53.4 Å². The molecule has 0 amide bonds. The van der Waals surface area contributed by atoms with Gasteiger partial charge in [0, 0.05) is 37.6 Å². The highest BCUT2D eigenvalue weighted by molar-refractivity contribution is 5.10. The van der Waals surface area contributed by atoms with Crippen molar-refractivity contribution in [1.82, 2.24) is 14.7 Å². The van der Waals surface area contributed by atoms with E-state index in [1.54, 1.807) is 0 Å². The Hall–Kier alpha value is -0.120. The predicted octanol–water partition coefficient (Wildman–Crippen LogP) is 0.964. The second-order valence-corrected chi connectivity index (χ2v) is 6.89. The van der Waals surface area contributed by atoms with Gasteiger partial charge in [0.25, 0.3) is 0 Å². The molecule has 0 saturated carbocycles. The fourth-order valence-corrected chi connectivity index (χ4v) is 4.14. The molecule has 3 fully saturated rings. The van der Waals surface area contributed by atoms with Gasteiger partial charge in [-0.3, -0.25) is 4.90 Å². The topological polar surface area (TPSA) is 9.72 Å². The van der Waals surface area contributed by atoms with E-state index >= 15 is 0 Å². The molecule has 1 spiro atoms. The van der Waals surface area contributed by atoms with Crippen LogP contribution >= 0.6 is 0 Å². The fraction of sp³-hybridized carbons (Fsp3) is 1.00. The lowest BCUT2D eigenvalue weighted by molar-refractivity contribution is -0.156. The summed E-state index contributed by atoms with van der Waals surface area (Å²) in [5.41, 5.74) is 0.681. The lowest BCUT2D eigenvalue weighted by atomic mass is 9.66. The maximum atomic E-state index is 2.74. The lowest BCUT2D eigenvalue weighted by Gasteiger charge is -2.65. The molecular weight excluding hydrogens is 210 g/mol. The number of hydrogen-bond acceptors (Lipinski definition) is 3. The van der Waals surface area contributed by atoms with Crippen LogP contribution < -0.4 is 0 Å². The number of likely N-dealkylation sites (tertiary alicyclic amines) is 3. The Morgan fingerprint density at radius 2 is 1.65 bits per heavy atom. The van der Waals surface area contributed by atoms with Crippen molar-refractivity contribution in [2.24, 2.45) is 11.3 Å². The molecule has 0 bridgehead atoms. The summed E-state index contributed by atoms with van der Waals surface area (Å²) in [4.78, 5) is 7.67. The van der Waals surface area contributed by atoms with Crippen molar-refractivity contribution in [1.29, 1.82) is 0 Å². The molecule has 3 heteroatoms. The first-order valence-electron chi connectivity index (χ1n) is 7.20. The molecule has 0 N–H and O–H groups in total. The van der Waals surface area contributed by atoms with Crippen molar-refractivity contribution < 1.29 is 0 Å². The van der Waals surface area contributed by atoms with Gasteiger partial charge in [0.2, 0.25) is 0 Å². The van der Waals surface area contributed by atoms with Gasteiger partial charge in [-0.05, 0) is 52.9 Å². The van der Waals surface area contributed by atoms with Crippen LogP contribution in [-0.4, -0.2) is 74.1 Å². The minimum atomic E-state index is 0.681. The highest BCUT2D eigenvalue weighted by Gasteiger charge is 2.55. The summed E-state index contributed by atoms with van der Waals surface area (Å²) in [7, 11) is 4.50. The summed E-state index contributed by atoms with van der Waals surface area (Å²) < 4.78 is 0. The lowest BCUT2D eigenvalue weighted by Crippen LogP contribution is -2.76. The summed E-state index contributed by atoms with van der Waals surface area (Å²) in [5, 5.41) is 0. The molecule has 17 heavy (non-hydrogen) atoms. The highest BCUT2D eigenvalue weighted by atomic mass is 15.3. The largest absolute Gasteiger partial charge is 0.306 e. The molecule has 3 rings (SSSR count). The van der Waals surface area contributed by atoms with Crippen molar-refractivity contribution in [3.63, 3.8) is 0 Å². The standard InChI is InChI=1S/C14H27N3/c1-12-14(9-16(3)10-14)11-17(12)8-13-4-6-15(2)7-5-13/h12-13H,4-11H2,1-3H3. The van der Waals surface area contributed by atoms with E-state index in [1.807, 2.05) is 0 Å². The maximum absolute atomic E-state index is 2.74. The second kappa shape index (κ2) is 4.22. The van der Waals surface area contributed by atoms with E-state index in [0.29, 0.717) is 5.41 Å². The molecule has 0 aromatic carbocycles. The van der Waals surface area contributed by atoms with Crippen LogP contribution in [0, 0.1) is 11.3 Å². The predicted molar refractivity (Wildman–Crippen MR) is 71.2 cm³/mol. The molecule has 1 unspecified atom stereocenters. The van der Waals surface area contributed by atoms with Gasteiger partial charge in [-0.25, -0.2) is 0 Å². The summed E-state index contributed by atoms with van der Waals surface area (Å²) in [6, 6.07) is 0.832. The van der Waals surface area contributed by atoms with E-state index in [2.05, 4.69) is 35.7 Å². The third-order valence-corrected chi connectivity index (χ3v) is 5.45. The molecule has 3 aliphatic heterocycles. The Morgan fingerprint density at radius 3 is 2.18 bits per heavy atom. The molecule has 3 heterocycles. The first-order valence-corrected chi connectivity index (χ1v) is 7.20. The van der Waals surface area contributed by atoms with Gasteiger partial charge in [-0.1, -0.05) is 0 Å². The van der Waals surface area contributed by atoms with E-state index in [1.165, 1.54) is 52.1 Å². The van der Waals surface area contributed by atoms with Crippen LogP contribution in [-0.2, 0) is 0 Å². The van der Waals surface area contributed by atoms with Crippen LogP contribution in [0.1, 0.15) is 19.8 Å². The average molecular weight is 237 g/mol. The van der Waals surface area contributed by atoms with Crippen molar-refractivity contribution in [3.8, 4) is 0 Å². The first-order chi connectivity index (χ1) is 8.09. The number of rotatable bonds is 2. The van der Waals surface area contributed by atoms with Gasteiger partial charge in [-0.2, -0.15) is 0 Å². The molecule has 0 aliphatic carbocycles. The number of hydrogen-bond donors (Lipinski definition) is 0. The Morgan fingerprint density at radius 1 is 1.00 bits per heavy atom. The highest BCUT2D eigenvalue weighted by Crippen LogP contribution is 2.45. The first kappa shape index (κ1) is 11.9. The average Bonchev–Trinajstić information content (AvgIpc) is 2.28. The molecular formula is C14H27N3. The van der Waals surface area contributed by atoms with Gasteiger partial charge >= 0.3 is 0 Å². The van der Waals surface area contributed by atoms with Gasteiger partial charge in [-0.15, -0.1) is 0 Å². The fourth-order valence-electron chi connectivity index (χ4n) is 4.14. The zero-order valence-corrected chi connectivity index (χ0v) is 11.7. The van der Waals surface area contributed by atoms with Crippen molar-refractivity contribution in [2.45, 2.75) is 25.8 Å². The molecule has 1 atom stereocenters. The van der Waals surface area contributed by atoms with E-state index in [4.69, 9.17) is 0 Å². The van der Waals surface area contributed by atoms with Crippen LogP contribution in [0.15, 0.2) is 0 Å². The van der Waals surface area contributed by atoms with E-state index in [-0.39, 0.29) is 0 Å². The summed E-state index contributed by atoms with van der Waals surface area (Å²) in [6.45, 7) is 10.5. The SMILES string of the molecule is CC1N(CC2CCN(C)CC2)CC12CN(C)C2. The Bertz CT molecular complexity index is 277. The van der Waals surface area contributed by atoms with E-state index in [9.17, 15) is 0 Å². The number of nitrogens with zero attached hydrogens (tertiary/aromatic N) is 3. The smallest absolute Gasteiger partial charge is 0.0237 e. The van der Waals surface area contributed by atoms with Gasteiger partial charge < -0.3 is 9.80 Å². The minimum absolute atomic E-state index is 0.681. The van der Waals surface area contributed by atoms with E-state index < -0.39 is 0 Å². The zero-order chi connectivity index (χ0) is 12.0. The summed E-state index contributed by atoms with van der Waals surface area (Å²) in [5.74, 6) is 0.962. The minimum Gasteiger partial charge on any atom is -0.306 e. The van der Waals surface area contributed by atoms with Crippen LogP contribution in [0.2, 0.25) is 0 Å². The molecule has 98 valence electrons. The van der Waals surface area contributed by atoms with Crippen LogP contribution in [0.4, 0.5) is 0 Å². The summed E-state index contributed by atoms with van der Waals surface area (Å²) >= 11 is 0. The monoisotopic (exact) mass is 237 g/mol. The molecule has 3 saturated heterocycles.